The van der Waals surface area contributed by atoms with E-state index in [2.05, 4.69) is 0 Å². The van der Waals surface area contributed by atoms with Gasteiger partial charge >= 0.3 is 5.97 Å². The number of carbonyl (C=O) groups is 2. The third-order valence-electron chi connectivity index (χ3n) is 3.12. The van der Waals surface area contributed by atoms with E-state index in [1.807, 2.05) is 37.4 Å². The van der Waals surface area contributed by atoms with Crippen molar-refractivity contribution in [3.05, 3.63) is 58.1 Å². The fourth-order valence-corrected chi connectivity index (χ4v) is 2.35. The Morgan fingerprint density at radius 2 is 1.78 bits per heavy atom. The van der Waals surface area contributed by atoms with Crippen LogP contribution in [0, 0.1) is 6.92 Å². The average molecular weight is 333 g/mol. The van der Waals surface area contributed by atoms with Crippen LogP contribution in [0.4, 0.5) is 0 Å². The molecule has 5 heteroatoms. The third kappa shape index (κ3) is 5.60. The molecule has 0 saturated carbocycles. The number of allylic oxidation sites excluding steroid dienone is 3. The molecule has 0 radical (unpaired) electrons. The van der Waals surface area contributed by atoms with Crippen LogP contribution >= 0.6 is 11.8 Å². The molecule has 0 spiro atoms. The summed E-state index contributed by atoms with van der Waals surface area (Å²) in [6.07, 6.45) is 5.13. The zero-order valence-corrected chi connectivity index (χ0v) is 15.1. The second-order valence-corrected chi connectivity index (χ2v) is 5.95. The number of Topliss-reactive ketones (excluding diaryl/α,β-unsaturated/α-hetero) is 1. The van der Waals surface area contributed by atoms with Crippen molar-refractivity contribution in [2.45, 2.75) is 13.8 Å². The van der Waals surface area contributed by atoms with Crippen molar-refractivity contribution < 1.29 is 14.3 Å². The van der Waals surface area contributed by atoms with Crippen LogP contribution in [0.2, 0.25) is 0 Å². The summed E-state index contributed by atoms with van der Waals surface area (Å²) in [7, 11) is 3.52. The quantitative estimate of drug-likeness (QED) is 0.331. The number of ether oxygens (including phenoxy) is 1. The first-order valence-electron chi connectivity index (χ1n) is 7.32. The summed E-state index contributed by atoms with van der Waals surface area (Å²) in [5.74, 6) is -0.465. The maximum atomic E-state index is 12.5. The fraction of sp³-hybridized carbons (Fsp3) is 0.333. The Labute approximate surface area is 142 Å². The van der Waals surface area contributed by atoms with Gasteiger partial charge in [-0.1, -0.05) is 29.8 Å². The highest BCUT2D eigenvalue weighted by Crippen LogP contribution is 2.19. The van der Waals surface area contributed by atoms with E-state index in [0.717, 1.165) is 5.56 Å². The van der Waals surface area contributed by atoms with Gasteiger partial charge in [-0.2, -0.15) is 0 Å². The molecular formula is C18H23NO3S. The largest absolute Gasteiger partial charge is 0.461 e. The van der Waals surface area contributed by atoms with E-state index in [0.29, 0.717) is 22.8 Å². The van der Waals surface area contributed by atoms with Crippen LogP contribution in [-0.4, -0.2) is 43.6 Å². The minimum Gasteiger partial charge on any atom is -0.461 e. The molecule has 0 N–H and O–H groups in total. The number of likely N-dealkylation sites (N-methyl/N-ethyl adjacent to an activating group) is 1. The molecule has 0 aliphatic carbocycles. The van der Waals surface area contributed by atoms with Crippen LogP contribution in [0.15, 0.2) is 47.0 Å². The SMILES string of the molecule is CCOC(=O)/C(=C/C=C(\SC)C(=O)c1ccc(C)cc1)N(C)C. The summed E-state index contributed by atoms with van der Waals surface area (Å²) in [6, 6.07) is 7.43. The van der Waals surface area contributed by atoms with Gasteiger partial charge in [0.05, 0.1) is 11.5 Å². The molecule has 1 aromatic carbocycles. The highest BCUT2D eigenvalue weighted by atomic mass is 32.2. The summed E-state index contributed by atoms with van der Waals surface area (Å²) < 4.78 is 5.02. The van der Waals surface area contributed by atoms with Crippen molar-refractivity contribution in [2.75, 3.05) is 27.0 Å². The van der Waals surface area contributed by atoms with E-state index in [4.69, 9.17) is 4.74 Å². The van der Waals surface area contributed by atoms with Crippen LogP contribution in [0.3, 0.4) is 0 Å². The number of carbonyl (C=O) groups excluding carboxylic acids is 2. The van der Waals surface area contributed by atoms with E-state index < -0.39 is 5.97 Å². The Hall–Kier alpha value is -2.01. The van der Waals surface area contributed by atoms with E-state index >= 15 is 0 Å². The molecule has 0 saturated heterocycles. The first-order valence-corrected chi connectivity index (χ1v) is 8.55. The molecule has 0 aromatic heterocycles. The summed E-state index contributed by atoms with van der Waals surface area (Å²) >= 11 is 1.35. The van der Waals surface area contributed by atoms with E-state index in [1.54, 1.807) is 38.1 Å². The van der Waals surface area contributed by atoms with E-state index in [-0.39, 0.29) is 5.78 Å². The van der Waals surface area contributed by atoms with Crippen molar-refractivity contribution in [3.8, 4) is 0 Å². The molecule has 0 atom stereocenters. The Kier molecular flexibility index (Phi) is 7.62. The second kappa shape index (κ2) is 9.20. The minimum absolute atomic E-state index is 0.0595. The van der Waals surface area contributed by atoms with Gasteiger partial charge in [-0.3, -0.25) is 4.79 Å². The number of nitrogens with zero attached hydrogens (tertiary/aromatic N) is 1. The van der Waals surface area contributed by atoms with Gasteiger partial charge in [-0.05, 0) is 32.3 Å². The number of hydrogen-bond donors (Lipinski definition) is 0. The van der Waals surface area contributed by atoms with Crippen molar-refractivity contribution in [1.82, 2.24) is 4.90 Å². The number of ketones is 1. The van der Waals surface area contributed by atoms with Gasteiger partial charge < -0.3 is 9.64 Å². The van der Waals surface area contributed by atoms with Crippen molar-refractivity contribution in [2.24, 2.45) is 0 Å². The lowest BCUT2D eigenvalue weighted by atomic mass is 10.1. The number of thioether (sulfide) groups is 1. The molecule has 0 fully saturated rings. The maximum absolute atomic E-state index is 12.5. The number of hydrogen-bond acceptors (Lipinski definition) is 5. The number of benzene rings is 1. The summed E-state index contributed by atoms with van der Waals surface area (Å²) in [4.78, 5) is 26.7. The molecule has 4 nitrogen and oxygen atoms in total. The lowest BCUT2D eigenvalue weighted by Gasteiger charge is -2.15. The predicted molar refractivity (Wildman–Crippen MR) is 95.5 cm³/mol. The van der Waals surface area contributed by atoms with Gasteiger partial charge in [0, 0.05) is 19.7 Å². The van der Waals surface area contributed by atoms with Gasteiger partial charge in [0.2, 0.25) is 0 Å². The predicted octanol–water partition coefficient (Wildman–Crippen LogP) is 3.43. The normalized spacial score (nSPS) is 12.0. The third-order valence-corrected chi connectivity index (χ3v) is 3.88. The van der Waals surface area contributed by atoms with Crippen LogP contribution in [0.5, 0.6) is 0 Å². The molecule has 0 unspecified atom stereocenters. The summed E-state index contributed by atoms with van der Waals surface area (Å²) in [6.45, 7) is 4.05. The van der Waals surface area contributed by atoms with Crippen LogP contribution in [0.25, 0.3) is 0 Å². The lowest BCUT2D eigenvalue weighted by molar-refractivity contribution is -0.140. The fourth-order valence-electron chi connectivity index (χ4n) is 1.84. The lowest BCUT2D eigenvalue weighted by Crippen LogP contribution is -2.21. The van der Waals surface area contributed by atoms with E-state index in [9.17, 15) is 9.59 Å². The molecule has 1 rings (SSSR count). The molecule has 0 aliphatic heterocycles. The van der Waals surface area contributed by atoms with Crippen LogP contribution < -0.4 is 0 Å². The zero-order chi connectivity index (χ0) is 17.4. The Morgan fingerprint density at radius 3 is 2.26 bits per heavy atom. The summed E-state index contributed by atoms with van der Waals surface area (Å²) in [5.41, 5.74) is 2.13. The smallest absolute Gasteiger partial charge is 0.354 e. The van der Waals surface area contributed by atoms with E-state index in [1.165, 1.54) is 11.8 Å². The highest BCUT2D eigenvalue weighted by Gasteiger charge is 2.14. The number of aryl methyl sites for hydroxylation is 1. The molecule has 0 amide bonds. The monoisotopic (exact) mass is 333 g/mol. The van der Waals surface area contributed by atoms with Gasteiger partial charge in [0.1, 0.15) is 5.70 Å². The summed E-state index contributed by atoms with van der Waals surface area (Å²) in [5, 5.41) is 0. The average Bonchev–Trinajstić information content (AvgIpc) is 2.51. The first-order chi connectivity index (χ1) is 10.9. The van der Waals surface area contributed by atoms with Crippen molar-refractivity contribution >= 4 is 23.5 Å². The highest BCUT2D eigenvalue weighted by molar-refractivity contribution is 8.03. The van der Waals surface area contributed by atoms with Crippen molar-refractivity contribution in [3.63, 3.8) is 0 Å². The molecule has 0 bridgehead atoms. The number of rotatable bonds is 7. The minimum atomic E-state index is -0.406. The molecule has 23 heavy (non-hydrogen) atoms. The molecule has 0 heterocycles. The standard InChI is InChI=1S/C18H23NO3S/c1-6-22-18(21)15(19(3)4)11-12-16(23-5)17(20)14-9-7-13(2)8-10-14/h7-12H,6H2,1-5H3/b15-11-,16-12-. The van der Waals surface area contributed by atoms with Gasteiger partial charge in [0.25, 0.3) is 0 Å². The molecule has 124 valence electrons. The molecule has 0 aliphatic rings. The van der Waals surface area contributed by atoms with Crippen LogP contribution in [0.1, 0.15) is 22.8 Å². The molecule has 1 aromatic rings. The zero-order valence-electron chi connectivity index (χ0n) is 14.3. The Bertz CT molecular complexity index is 616. The Balaban J connectivity index is 3.08. The Morgan fingerprint density at radius 1 is 1.17 bits per heavy atom. The van der Waals surface area contributed by atoms with Crippen LogP contribution in [-0.2, 0) is 9.53 Å². The maximum Gasteiger partial charge on any atom is 0.354 e. The van der Waals surface area contributed by atoms with Gasteiger partial charge in [-0.15, -0.1) is 11.8 Å². The first kappa shape index (κ1) is 19.0. The molecular weight excluding hydrogens is 310 g/mol. The topological polar surface area (TPSA) is 46.6 Å². The van der Waals surface area contributed by atoms with Crippen molar-refractivity contribution in [1.29, 1.82) is 0 Å². The number of esters is 1. The van der Waals surface area contributed by atoms with Gasteiger partial charge in [0.15, 0.2) is 5.78 Å². The van der Waals surface area contributed by atoms with Gasteiger partial charge in [-0.25, -0.2) is 4.79 Å². The second-order valence-electron chi connectivity index (χ2n) is 5.10.